The Balaban J connectivity index is 4.27. The number of carbonyl (C=O) groups excluding carboxylic acids is 2. The maximum Gasteiger partial charge on any atom is 0.330 e. The highest BCUT2D eigenvalue weighted by atomic mass is 16.5. The maximum atomic E-state index is 11.1. The van der Waals surface area contributed by atoms with Crippen LogP contribution in [0, 0.1) is 17.2 Å². The van der Waals surface area contributed by atoms with Crippen molar-refractivity contribution in [2.24, 2.45) is 5.92 Å². The lowest BCUT2D eigenvalue weighted by atomic mass is 10.2. The van der Waals surface area contributed by atoms with Crippen molar-refractivity contribution in [3.63, 3.8) is 0 Å². The summed E-state index contributed by atoms with van der Waals surface area (Å²) in [5, 5.41) is 19.3. The topological polar surface area (TPSA) is 99.4 Å². The van der Waals surface area contributed by atoms with E-state index in [0.29, 0.717) is 0 Å². The van der Waals surface area contributed by atoms with Gasteiger partial charge < -0.3 is 15.2 Å². The number of nitrogens with one attached hydrogen (secondary N) is 1. The van der Waals surface area contributed by atoms with Crippen LogP contribution < -0.4 is 5.32 Å². The van der Waals surface area contributed by atoms with Crippen LogP contribution in [0.1, 0.15) is 6.92 Å². The fraction of sp³-hybridized carbons (Fsp3) is 0.625. The van der Waals surface area contributed by atoms with Crippen molar-refractivity contribution in [1.82, 2.24) is 5.32 Å². The van der Waals surface area contributed by atoms with Crippen molar-refractivity contribution in [2.45, 2.75) is 13.0 Å². The molecule has 14 heavy (non-hydrogen) atoms. The first kappa shape index (κ1) is 12.4. The SMILES string of the molecule is COC(=O)C(CO)NC(=O)C(C)C#N. The summed E-state index contributed by atoms with van der Waals surface area (Å²) >= 11 is 0. The quantitative estimate of drug-likeness (QED) is 0.555. The van der Waals surface area contributed by atoms with E-state index in [1.165, 1.54) is 6.92 Å². The van der Waals surface area contributed by atoms with Gasteiger partial charge in [-0.05, 0) is 6.92 Å². The molecule has 78 valence electrons. The average Bonchev–Trinajstić information content (AvgIpc) is 2.22. The molecule has 0 rings (SSSR count). The van der Waals surface area contributed by atoms with Crippen LogP contribution in [0.3, 0.4) is 0 Å². The number of aliphatic hydroxyl groups is 1. The molecule has 2 unspecified atom stereocenters. The van der Waals surface area contributed by atoms with Gasteiger partial charge in [0.2, 0.25) is 5.91 Å². The molecule has 0 radical (unpaired) electrons. The van der Waals surface area contributed by atoms with Crippen molar-refractivity contribution in [3.8, 4) is 6.07 Å². The molecule has 0 aliphatic rings. The molecule has 2 atom stereocenters. The van der Waals surface area contributed by atoms with Crippen molar-refractivity contribution in [1.29, 1.82) is 5.26 Å². The third-order valence-corrected chi connectivity index (χ3v) is 1.57. The molecule has 0 aliphatic carbocycles. The highest BCUT2D eigenvalue weighted by Gasteiger charge is 2.22. The Hall–Kier alpha value is -1.61. The van der Waals surface area contributed by atoms with Gasteiger partial charge in [0, 0.05) is 0 Å². The zero-order chi connectivity index (χ0) is 11.1. The molecular weight excluding hydrogens is 188 g/mol. The predicted molar refractivity (Wildman–Crippen MR) is 45.8 cm³/mol. The molecule has 0 saturated heterocycles. The van der Waals surface area contributed by atoms with Crippen LogP contribution in [0.5, 0.6) is 0 Å². The minimum Gasteiger partial charge on any atom is -0.467 e. The predicted octanol–water partition coefficient (Wildman–Crippen LogP) is -1.20. The molecule has 0 aromatic carbocycles. The van der Waals surface area contributed by atoms with Gasteiger partial charge in [-0.25, -0.2) is 4.79 Å². The number of esters is 1. The first-order chi connectivity index (χ1) is 6.56. The number of amides is 1. The van der Waals surface area contributed by atoms with E-state index >= 15 is 0 Å². The van der Waals surface area contributed by atoms with Gasteiger partial charge in [0.05, 0.1) is 19.8 Å². The van der Waals surface area contributed by atoms with Gasteiger partial charge in [0.25, 0.3) is 0 Å². The summed E-state index contributed by atoms with van der Waals surface area (Å²) < 4.78 is 4.32. The summed E-state index contributed by atoms with van der Waals surface area (Å²) in [6.45, 7) is 0.831. The lowest BCUT2D eigenvalue weighted by Gasteiger charge is -2.14. The van der Waals surface area contributed by atoms with Crippen LogP contribution in [-0.4, -0.2) is 36.7 Å². The molecule has 6 heteroatoms. The van der Waals surface area contributed by atoms with Crippen LogP contribution in [-0.2, 0) is 14.3 Å². The van der Waals surface area contributed by atoms with E-state index in [0.717, 1.165) is 7.11 Å². The molecule has 0 aromatic heterocycles. The Bertz CT molecular complexity index is 259. The standard InChI is InChI=1S/C8H12N2O4/c1-5(3-9)7(12)10-6(4-11)8(13)14-2/h5-6,11H,4H2,1-2H3,(H,10,12). The molecule has 0 aromatic rings. The van der Waals surface area contributed by atoms with Crippen LogP contribution >= 0.6 is 0 Å². The van der Waals surface area contributed by atoms with Crippen LogP contribution in [0.2, 0.25) is 0 Å². The van der Waals surface area contributed by atoms with Crippen LogP contribution in [0.4, 0.5) is 0 Å². The third kappa shape index (κ3) is 3.41. The monoisotopic (exact) mass is 200 g/mol. The number of aliphatic hydroxyl groups excluding tert-OH is 1. The molecule has 0 heterocycles. The number of carbonyl (C=O) groups is 2. The second kappa shape index (κ2) is 5.94. The van der Waals surface area contributed by atoms with Crippen molar-refractivity contribution in [2.75, 3.05) is 13.7 Å². The van der Waals surface area contributed by atoms with Gasteiger partial charge in [-0.15, -0.1) is 0 Å². The highest BCUT2D eigenvalue weighted by Crippen LogP contribution is 1.94. The number of hydrogen-bond donors (Lipinski definition) is 2. The number of hydrogen-bond acceptors (Lipinski definition) is 5. The Labute approximate surface area is 81.5 Å². The fourth-order valence-corrected chi connectivity index (χ4v) is 0.677. The van der Waals surface area contributed by atoms with E-state index < -0.39 is 30.4 Å². The van der Waals surface area contributed by atoms with E-state index in [1.807, 2.05) is 0 Å². The van der Waals surface area contributed by atoms with Gasteiger partial charge in [-0.1, -0.05) is 0 Å². The van der Waals surface area contributed by atoms with E-state index in [4.69, 9.17) is 10.4 Å². The Morgan fingerprint density at radius 2 is 2.21 bits per heavy atom. The molecule has 0 spiro atoms. The minimum absolute atomic E-state index is 0.559. The highest BCUT2D eigenvalue weighted by molar-refractivity contribution is 5.86. The summed E-state index contributed by atoms with van der Waals surface area (Å²) in [4.78, 5) is 22.0. The van der Waals surface area contributed by atoms with Crippen molar-refractivity contribution >= 4 is 11.9 Å². The minimum atomic E-state index is -1.11. The molecule has 1 amide bonds. The molecule has 2 N–H and O–H groups in total. The lowest BCUT2D eigenvalue weighted by Crippen LogP contribution is -2.45. The summed E-state index contributed by atoms with van der Waals surface area (Å²) in [5.74, 6) is -2.23. The van der Waals surface area contributed by atoms with Gasteiger partial charge in [-0.2, -0.15) is 5.26 Å². The van der Waals surface area contributed by atoms with Crippen LogP contribution in [0.15, 0.2) is 0 Å². The summed E-state index contributed by atoms with van der Waals surface area (Å²) in [7, 11) is 1.14. The van der Waals surface area contributed by atoms with E-state index in [9.17, 15) is 9.59 Å². The van der Waals surface area contributed by atoms with E-state index in [2.05, 4.69) is 10.1 Å². The lowest BCUT2D eigenvalue weighted by molar-refractivity contribution is -0.146. The molecule has 6 nitrogen and oxygen atoms in total. The number of rotatable bonds is 4. The fourth-order valence-electron chi connectivity index (χ4n) is 0.677. The normalized spacial score (nSPS) is 13.6. The smallest absolute Gasteiger partial charge is 0.330 e. The number of nitriles is 1. The van der Waals surface area contributed by atoms with Crippen LogP contribution in [0.25, 0.3) is 0 Å². The second-order valence-electron chi connectivity index (χ2n) is 2.62. The largest absolute Gasteiger partial charge is 0.467 e. The Morgan fingerprint density at radius 3 is 2.57 bits per heavy atom. The third-order valence-electron chi connectivity index (χ3n) is 1.57. The first-order valence-electron chi connectivity index (χ1n) is 3.95. The van der Waals surface area contributed by atoms with Gasteiger partial charge >= 0.3 is 5.97 Å². The van der Waals surface area contributed by atoms with Gasteiger partial charge in [0.1, 0.15) is 5.92 Å². The van der Waals surface area contributed by atoms with E-state index in [1.54, 1.807) is 6.07 Å². The zero-order valence-electron chi connectivity index (χ0n) is 7.98. The molecule has 0 fully saturated rings. The van der Waals surface area contributed by atoms with Gasteiger partial charge in [-0.3, -0.25) is 4.79 Å². The molecule has 0 aliphatic heterocycles. The molecule has 0 saturated carbocycles. The summed E-state index contributed by atoms with van der Waals surface area (Å²) in [6.07, 6.45) is 0. The molecule has 0 bridgehead atoms. The number of nitrogens with zero attached hydrogens (tertiary/aromatic N) is 1. The summed E-state index contributed by atoms with van der Waals surface area (Å²) in [5.41, 5.74) is 0. The number of ether oxygens (including phenoxy) is 1. The summed E-state index contributed by atoms with van der Waals surface area (Å²) in [6, 6.07) is 0.597. The first-order valence-corrected chi connectivity index (χ1v) is 3.95. The van der Waals surface area contributed by atoms with Crippen molar-refractivity contribution < 1.29 is 19.4 Å². The Morgan fingerprint density at radius 1 is 1.64 bits per heavy atom. The number of methoxy groups -OCH3 is 1. The van der Waals surface area contributed by atoms with Gasteiger partial charge in [0.15, 0.2) is 6.04 Å². The maximum absolute atomic E-state index is 11.1. The zero-order valence-corrected chi connectivity index (χ0v) is 7.98. The average molecular weight is 200 g/mol. The van der Waals surface area contributed by atoms with Crippen molar-refractivity contribution in [3.05, 3.63) is 0 Å². The second-order valence-corrected chi connectivity index (χ2v) is 2.62. The molecular formula is C8H12N2O4. The van der Waals surface area contributed by atoms with E-state index in [-0.39, 0.29) is 0 Å². The Kier molecular flexibility index (Phi) is 5.26.